The first-order valence-corrected chi connectivity index (χ1v) is 9.97. The molecule has 8 heteroatoms. The Hall–Kier alpha value is -2.19. The Morgan fingerprint density at radius 2 is 1.88 bits per heavy atom. The van der Waals surface area contributed by atoms with Crippen molar-refractivity contribution in [3.8, 4) is 0 Å². The lowest BCUT2D eigenvalue weighted by atomic mass is 9.98. The van der Waals surface area contributed by atoms with E-state index in [1.165, 1.54) is 4.31 Å². The maximum absolute atomic E-state index is 12.6. The van der Waals surface area contributed by atoms with Gasteiger partial charge < -0.3 is 9.26 Å². The predicted molar refractivity (Wildman–Crippen MR) is 93.7 cm³/mol. The first-order chi connectivity index (χ1) is 12.4. The van der Waals surface area contributed by atoms with Crippen molar-refractivity contribution in [1.82, 2.24) is 9.46 Å². The molecule has 26 heavy (non-hydrogen) atoms. The molecule has 1 aliphatic rings. The van der Waals surface area contributed by atoms with Crippen molar-refractivity contribution >= 4 is 16.0 Å². The summed E-state index contributed by atoms with van der Waals surface area (Å²) in [5, 5.41) is 3.83. The number of sulfonamides is 1. The third-order valence-corrected chi connectivity index (χ3v) is 6.62. The number of ether oxygens (including phenoxy) is 1. The molecule has 2 heterocycles. The van der Waals surface area contributed by atoms with E-state index in [4.69, 9.17) is 9.26 Å². The highest BCUT2D eigenvalue weighted by Gasteiger charge is 2.32. The molecule has 0 bridgehead atoms. The van der Waals surface area contributed by atoms with E-state index in [0.717, 1.165) is 5.56 Å². The number of aromatic nitrogens is 1. The molecule has 1 aromatic carbocycles. The molecule has 0 unspecified atom stereocenters. The number of hydrogen-bond acceptors (Lipinski definition) is 6. The molecule has 0 spiro atoms. The molecular weight excluding hydrogens is 356 g/mol. The fourth-order valence-electron chi connectivity index (χ4n) is 3.04. The molecule has 1 saturated heterocycles. The van der Waals surface area contributed by atoms with Crippen LogP contribution in [0.2, 0.25) is 0 Å². The van der Waals surface area contributed by atoms with Gasteiger partial charge in [-0.1, -0.05) is 23.4 Å². The molecule has 0 saturated carbocycles. The van der Waals surface area contributed by atoms with Crippen LogP contribution in [0.25, 0.3) is 0 Å². The smallest absolute Gasteiger partial charge is 0.309 e. The predicted octanol–water partition coefficient (Wildman–Crippen LogP) is 2.44. The van der Waals surface area contributed by atoms with Gasteiger partial charge in [-0.05, 0) is 38.8 Å². The summed E-state index contributed by atoms with van der Waals surface area (Å²) in [7, 11) is -3.51. The summed E-state index contributed by atoms with van der Waals surface area (Å²) in [5.74, 6) is 0.0403. The topological polar surface area (TPSA) is 89.7 Å². The van der Waals surface area contributed by atoms with Crippen molar-refractivity contribution in [2.75, 3.05) is 13.1 Å². The highest BCUT2D eigenvalue weighted by Crippen LogP contribution is 2.25. The molecule has 0 N–H and O–H groups in total. The fraction of sp³-hybridized carbons (Fsp3) is 0.444. The van der Waals surface area contributed by atoms with Crippen LogP contribution in [0.3, 0.4) is 0 Å². The monoisotopic (exact) mass is 378 g/mol. The van der Waals surface area contributed by atoms with Crippen molar-refractivity contribution in [1.29, 1.82) is 0 Å². The van der Waals surface area contributed by atoms with Crippen LogP contribution in [0.1, 0.15) is 29.9 Å². The van der Waals surface area contributed by atoms with Crippen molar-refractivity contribution in [2.45, 2.75) is 38.2 Å². The molecule has 140 valence electrons. The van der Waals surface area contributed by atoms with Crippen LogP contribution in [-0.2, 0) is 26.2 Å². The number of esters is 1. The number of carbonyl (C=O) groups excluding carboxylic acids is 1. The summed E-state index contributed by atoms with van der Waals surface area (Å²) < 4.78 is 37.1. The van der Waals surface area contributed by atoms with Crippen LogP contribution >= 0.6 is 0 Å². The quantitative estimate of drug-likeness (QED) is 0.743. The van der Waals surface area contributed by atoms with Gasteiger partial charge in [0.05, 0.1) is 22.1 Å². The molecule has 1 aromatic heterocycles. The Bertz CT molecular complexity index is 849. The summed E-state index contributed by atoms with van der Waals surface area (Å²) >= 11 is 0. The summed E-state index contributed by atoms with van der Waals surface area (Å²) in [6.07, 6.45) is 0.902. The second-order valence-corrected chi connectivity index (χ2v) is 8.34. The molecule has 1 aliphatic heterocycles. The average Bonchev–Trinajstić information content (AvgIpc) is 2.98. The standard InChI is InChI=1S/C18H22N2O5S/c1-13-17(14(2)25-19-13)12-24-18(21)15-8-10-20(11-9-15)26(22,23)16-6-4-3-5-7-16/h3-7,15H,8-12H2,1-2H3. The minimum Gasteiger partial charge on any atom is -0.460 e. The van der Waals surface area contributed by atoms with Gasteiger partial charge >= 0.3 is 5.97 Å². The first kappa shape index (κ1) is 18.6. The van der Waals surface area contributed by atoms with E-state index in [0.29, 0.717) is 37.4 Å². The molecule has 0 aliphatic carbocycles. The molecule has 7 nitrogen and oxygen atoms in total. The molecule has 2 aromatic rings. The Kier molecular flexibility index (Phi) is 5.43. The van der Waals surface area contributed by atoms with Gasteiger partial charge in [-0.15, -0.1) is 0 Å². The maximum Gasteiger partial charge on any atom is 0.309 e. The number of benzene rings is 1. The SMILES string of the molecule is Cc1noc(C)c1COC(=O)C1CCN(S(=O)(=O)c2ccccc2)CC1. The van der Waals surface area contributed by atoms with Crippen molar-refractivity contribution < 1.29 is 22.5 Å². The summed E-state index contributed by atoms with van der Waals surface area (Å²) in [6.45, 7) is 4.32. The molecule has 3 rings (SSSR count). The minimum absolute atomic E-state index is 0.128. The van der Waals surface area contributed by atoms with Crippen LogP contribution in [0.4, 0.5) is 0 Å². The largest absolute Gasteiger partial charge is 0.460 e. The zero-order valence-electron chi connectivity index (χ0n) is 14.8. The lowest BCUT2D eigenvalue weighted by Crippen LogP contribution is -2.40. The minimum atomic E-state index is -3.51. The molecule has 1 fully saturated rings. The lowest BCUT2D eigenvalue weighted by molar-refractivity contribution is -0.151. The molecule has 0 radical (unpaired) electrons. The number of aryl methyl sites for hydroxylation is 2. The highest BCUT2D eigenvalue weighted by molar-refractivity contribution is 7.89. The van der Waals surface area contributed by atoms with E-state index in [1.54, 1.807) is 44.2 Å². The van der Waals surface area contributed by atoms with Gasteiger partial charge in [0.25, 0.3) is 0 Å². The molecule has 0 amide bonds. The third-order valence-electron chi connectivity index (χ3n) is 4.71. The zero-order valence-corrected chi connectivity index (χ0v) is 15.7. The molecular formula is C18H22N2O5S. The van der Waals surface area contributed by atoms with E-state index in [-0.39, 0.29) is 23.4 Å². The maximum atomic E-state index is 12.6. The lowest BCUT2D eigenvalue weighted by Gasteiger charge is -2.30. The Balaban J connectivity index is 1.56. The third kappa shape index (κ3) is 3.81. The normalized spacial score (nSPS) is 16.5. The van der Waals surface area contributed by atoms with Crippen LogP contribution < -0.4 is 0 Å². The van der Waals surface area contributed by atoms with Crippen LogP contribution in [0.15, 0.2) is 39.8 Å². The van der Waals surface area contributed by atoms with Gasteiger partial charge in [-0.25, -0.2) is 8.42 Å². The average molecular weight is 378 g/mol. The summed E-state index contributed by atoms with van der Waals surface area (Å²) in [4.78, 5) is 12.6. The molecule has 0 atom stereocenters. The van der Waals surface area contributed by atoms with E-state index < -0.39 is 10.0 Å². The van der Waals surface area contributed by atoms with Crippen LogP contribution in [0.5, 0.6) is 0 Å². The van der Waals surface area contributed by atoms with Crippen LogP contribution in [0, 0.1) is 19.8 Å². The van der Waals surface area contributed by atoms with Gasteiger partial charge in [-0.3, -0.25) is 4.79 Å². The number of rotatable bonds is 5. The van der Waals surface area contributed by atoms with Gasteiger partial charge in [0.15, 0.2) is 0 Å². The van der Waals surface area contributed by atoms with Crippen molar-refractivity contribution in [3.63, 3.8) is 0 Å². The Morgan fingerprint density at radius 1 is 1.23 bits per heavy atom. The highest BCUT2D eigenvalue weighted by atomic mass is 32.2. The van der Waals surface area contributed by atoms with Gasteiger partial charge in [0.2, 0.25) is 10.0 Å². The number of hydrogen-bond donors (Lipinski definition) is 0. The van der Waals surface area contributed by atoms with Crippen molar-refractivity contribution in [2.24, 2.45) is 5.92 Å². The Morgan fingerprint density at radius 3 is 2.46 bits per heavy atom. The van der Waals surface area contributed by atoms with E-state index in [2.05, 4.69) is 5.16 Å². The summed E-state index contributed by atoms with van der Waals surface area (Å²) in [6, 6.07) is 8.34. The number of piperidine rings is 1. The second-order valence-electron chi connectivity index (χ2n) is 6.40. The van der Waals surface area contributed by atoms with E-state index in [1.807, 2.05) is 0 Å². The van der Waals surface area contributed by atoms with Crippen molar-refractivity contribution in [3.05, 3.63) is 47.3 Å². The number of carbonyl (C=O) groups is 1. The van der Waals surface area contributed by atoms with Gasteiger partial charge in [0.1, 0.15) is 12.4 Å². The zero-order chi connectivity index (χ0) is 18.7. The first-order valence-electron chi connectivity index (χ1n) is 8.53. The number of nitrogens with zero attached hydrogens (tertiary/aromatic N) is 2. The summed E-state index contributed by atoms with van der Waals surface area (Å²) in [5.41, 5.74) is 1.49. The van der Waals surface area contributed by atoms with E-state index >= 15 is 0 Å². The van der Waals surface area contributed by atoms with Gasteiger partial charge in [-0.2, -0.15) is 4.31 Å². The Labute approximate surface area is 153 Å². The van der Waals surface area contributed by atoms with Crippen LogP contribution in [-0.4, -0.2) is 36.9 Å². The second kappa shape index (κ2) is 7.59. The fourth-order valence-corrected chi connectivity index (χ4v) is 4.53. The van der Waals surface area contributed by atoms with Gasteiger partial charge in [0, 0.05) is 13.1 Å². The van der Waals surface area contributed by atoms with E-state index in [9.17, 15) is 13.2 Å².